The lowest BCUT2D eigenvalue weighted by Crippen LogP contribution is -2.30. The number of rotatable bonds is 2. The molecule has 66 valence electrons. The molecule has 0 amide bonds. The molecule has 0 radical (unpaired) electrons. The fourth-order valence-corrected chi connectivity index (χ4v) is 2.05. The summed E-state index contributed by atoms with van der Waals surface area (Å²) < 4.78 is 5.48. The van der Waals surface area contributed by atoms with E-state index in [9.17, 15) is 0 Å². The van der Waals surface area contributed by atoms with E-state index in [1.54, 1.807) is 0 Å². The van der Waals surface area contributed by atoms with Crippen LogP contribution < -0.4 is 0 Å². The summed E-state index contributed by atoms with van der Waals surface area (Å²) in [4.78, 5) is 0. The highest BCUT2D eigenvalue weighted by atomic mass is 16.5. The summed E-state index contributed by atoms with van der Waals surface area (Å²) in [7, 11) is 0. The molecule has 1 heterocycles. The zero-order valence-corrected chi connectivity index (χ0v) is 7.97. The largest absolute Gasteiger partial charge is 0.381 e. The quantitative estimate of drug-likeness (QED) is 0.597. The maximum absolute atomic E-state index is 5.48. The Morgan fingerprint density at radius 2 is 2.18 bits per heavy atom. The summed E-state index contributed by atoms with van der Waals surface area (Å²) >= 11 is 0. The first-order valence-corrected chi connectivity index (χ1v) is 4.83. The SMILES string of the molecule is CC[C@H]1CCOC[C@H]1C(C)C. The van der Waals surface area contributed by atoms with Crippen molar-refractivity contribution in [2.24, 2.45) is 17.8 Å². The van der Waals surface area contributed by atoms with Crippen LogP contribution in [-0.4, -0.2) is 13.2 Å². The van der Waals surface area contributed by atoms with Gasteiger partial charge < -0.3 is 4.74 Å². The predicted octanol–water partition coefficient (Wildman–Crippen LogP) is 2.71. The molecule has 0 aliphatic carbocycles. The molecule has 1 fully saturated rings. The molecule has 0 spiro atoms. The standard InChI is InChI=1S/C10H20O/c1-4-9-5-6-11-7-10(9)8(2)3/h8-10H,4-7H2,1-3H3/t9-,10-/m0/s1. The van der Waals surface area contributed by atoms with Crippen molar-refractivity contribution in [2.45, 2.75) is 33.6 Å². The van der Waals surface area contributed by atoms with E-state index in [0.717, 1.165) is 31.0 Å². The molecule has 0 aromatic rings. The molecule has 1 heteroatoms. The molecular weight excluding hydrogens is 136 g/mol. The normalized spacial score (nSPS) is 32.7. The van der Waals surface area contributed by atoms with Gasteiger partial charge in [0, 0.05) is 13.2 Å². The van der Waals surface area contributed by atoms with Gasteiger partial charge in [-0.05, 0) is 24.2 Å². The summed E-state index contributed by atoms with van der Waals surface area (Å²) in [5.41, 5.74) is 0. The molecule has 1 nitrogen and oxygen atoms in total. The van der Waals surface area contributed by atoms with Crippen molar-refractivity contribution in [3.8, 4) is 0 Å². The first-order chi connectivity index (χ1) is 5.25. The van der Waals surface area contributed by atoms with Gasteiger partial charge in [-0.3, -0.25) is 0 Å². The molecule has 0 unspecified atom stereocenters. The second-order valence-corrected chi connectivity index (χ2v) is 3.94. The molecule has 1 aliphatic heterocycles. The second-order valence-electron chi connectivity index (χ2n) is 3.94. The van der Waals surface area contributed by atoms with Crippen LogP contribution in [0.25, 0.3) is 0 Å². The number of hydrogen-bond donors (Lipinski definition) is 0. The predicted molar refractivity (Wildman–Crippen MR) is 47.5 cm³/mol. The van der Waals surface area contributed by atoms with Gasteiger partial charge in [0.1, 0.15) is 0 Å². The van der Waals surface area contributed by atoms with E-state index in [1.165, 1.54) is 12.8 Å². The van der Waals surface area contributed by atoms with Gasteiger partial charge in [0.2, 0.25) is 0 Å². The summed E-state index contributed by atoms with van der Waals surface area (Å²) in [6.45, 7) is 8.90. The first kappa shape index (κ1) is 9.05. The van der Waals surface area contributed by atoms with Gasteiger partial charge in [0.25, 0.3) is 0 Å². The third-order valence-corrected chi connectivity index (χ3v) is 2.93. The van der Waals surface area contributed by atoms with Crippen molar-refractivity contribution in [2.75, 3.05) is 13.2 Å². The molecule has 0 saturated carbocycles. The zero-order valence-electron chi connectivity index (χ0n) is 7.97. The molecule has 1 saturated heterocycles. The summed E-state index contributed by atoms with van der Waals surface area (Å²) in [6, 6.07) is 0. The van der Waals surface area contributed by atoms with Crippen molar-refractivity contribution in [1.82, 2.24) is 0 Å². The lowest BCUT2D eigenvalue weighted by Gasteiger charge is -2.33. The van der Waals surface area contributed by atoms with E-state index in [4.69, 9.17) is 4.74 Å². The molecular formula is C10H20O. The van der Waals surface area contributed by atoms with Crippen molar-refractivity contribution in [3.05, 3.63) is 0 Å². The van der Waals surface area contributed by atoms with E-state index in [2.05, 4.69) is 20.8 Å². The zero-order chi connectivity index (χ0) is 8.27. The lowest BCUT2D eigenvalue weighted by molar-refractivity contribution is -0.00340. The monoisotopic (exact) mass is 156 g/mol. The molecule has 1 rings (SSSR count). The van der Waals surface area contributed by atoms with E-state index >= 15 is 0 Å². The van der Waals surface area contributed by atoms with Gasteiger partial charge in [0.15, 0.2) is 0 Å². The number of ether oxygens (including phenoxy) is 1. The van der Waals surface area contributed by atoms with Crippen LogP contribution in [0.1, 0.15) is 33.6 Å². The average molecular weight is 156 g/mol. The van der Waals surface area contributed by atoms with Crippen LogP contribution in [0.5, 0.6) is 0 Å². The van der Waals surface area contributed by atoms with Crippen LogP contribution in [0.15, 0.2) is 0 Å². The van der Waals surface area contributed by atoms with E-state index in [-0.39, 0.29) is 0 Å². The van der Waals surface area contributed by atoms with Crippen LogP contribution in [0.3, 0.4) is 0 Å². The second kappa shape index (κ2) is 4.10. The Labute approximate surface area is 70.1 Å². The Balaban J connectivity index is 2.44. The van der Waals surface area contributed by atoms with Gasteiger partial charge in [-0.25, -0.2) is 0 Å². The third kappa shape index (κ3) is 2.19. The fraction of sp³-hybridized carbons (Fsp3) is 1.00. The van der Waals surface area contributed by atoms with Gasteiger partial charge in [0.05, 0.1) is 0 Å². The topological polar surface area (TPSA) is 9.23 Å². The molecule has 0 N–H and O–H groups in total. The van der Waals surface area contributed by atoms with Gasteiger partial charge in [-0.15, -0.1) is 0 Å². The maximum atomic E-state index is 5.48. The number of hydrogen-bond acceptors (Lipinski definition) is 1. The van der Waals surface area contributed by atoms with E-state index in [1.807, 2.05) is 0 Å². The van der Waals surface area contributed by atoms with Crippen molar-refractivity contribution in [3.63, 3.8) is 0 Å². The van der Waals surface area contributed by atoms with Gasteiger partial charge in [-0.2, -0.15) is 0 Å². The Morgan fingerprint density at radius 3 is 2.64 bits per heavy atom. The van der Waals surface area contributed by atoms with Crippen LogP contribution in [0.2, 0.25) is 0 Å². The minimum atomic E-state index is 0.792. The van der Waals surface area contributed by atoms with Crippen LogP contribution >= 0.6 is 0 Å². The highest BCUT2D eigenvalue weighted by Gasteiger charge is 2.26. The van der Waals surface area contributed by atoms with Crippen molar-refractivity contribution >= 4 is 0 Å². The molecule has 0 bridgehead atoms. The van der Waals surface area contributed by atoms with E-state index < -0.39 is 0 Å². The molecule has 1 aliphatic rings. The summed E-state index contributed by atoms with van der Waals surface area (Å²) in [6.07, 6.45) is 2.60. The maximum Gasteiger partial charge on any atom is 0.0499 e. The van der Waals surface area contributed by atoms with E-state index in [0.29, 0.717) is 0 Å². The van der Waals surface area contributed by atoms with Crippen molar-refractivity contribution in [1.29, 1.82) is 0 Å². The Bertz CT molecular complexity index is 109. The summed E-state index contributed by atoms with van der Waals surface area (Å²) in [5.74, 6) is 2.53. The molecule has 0 aromatic carbocycles. The highest BCUT2D eigenvalue weighted by Crippen LogP contribution is 2.30. The Kier molecular flexibility index (Phi) is 3.38. The van der Waals surface area contributed by atoms with Crippen molar-refractivity contribution < 1.29 is 4.74 Å². The van der Waals surface area contributed by atoms with Crippen LogP contribution in [0, 0.1) is 17.8 Å². The van der Waals surface area contributed by atoms with Crippen LogP contribution in [0.4, 0.5) is 0 Å². The fourth-order valence-electron chi connectivity index (χ4n) is 2.05. The lowest BCUT2D eigenvalue weighted by atomic mass is 9.79. The molecule has 2 atom stereocenters. The third-order valence-electron chi connectivity index (χ3n) is 2.93. The summed E-state index contributed by atoms with van der Waals surface area (Å²) in [5, 5.41) is 0. The minimum Gasteiger partial charge on any atom is -0.381 e. The molecule has 11 heavy (non-hydrogen) atoms. The smallest absolute Gasteiger partial charge is 0.0499 e. The van der Waals surface area contributed by atoms with Crippen LogP contribution in [-0.2, 0) is 4.74 Å². The Morgan fingerprint density at radius 1 is 1.45 bits per heavy atom. The molecule has 0 aromatic heterocycles. The average Bonchev–Trinajstić information content (AvgIpc) is 2.04. The van der Waals surface area contributed by atoms with Gasteiger partial charge >= 0.3 is 0 Å². The minimum absolute atomic E-state index is 0.792. The highest BCUT2D eigenvalue weighted by molar-refractivity contribution is 4.74. The first-order valence-electron chi connectivity index (χ1n) is 4.83. The van der Waals surface area contributed by atoms with Gasteiger partial charge in [-0.1, -0.05) is 27.2 Å². The Hall–Kier alpha value is -0.0400.